The molecular weight excluding hydrogens is 290 g/mol. The van der Waals surface area contributed by atoms with Crippen LogP contribution in [0.4, 0.5) is 0 Å². The SMILES string of the molecule is CN=C(NCCCn1ccnc1)NCC(CO)c1ccccc1. The number of hydrogen-bond donors (Lipinski definition) is 3. The average Bonchev–Trinajstić information content (AvgIpc) is 3.11. The van der Waals surface area contributed by atoms with E-state index in [-0.39, 0.29) is 12.5 Å². The van der Waals surface area contributed by atoms with Crippen molar-refractivity contribution >= 4 is 5.96 Å². The molecule has 0 saturated heterocycles. The molecule has 1 aromatic carbocycles. The van der Waals surface area contributed by atoms with Crippen LogP contribution in [0.5, 0.6) is 0 Å². The average molecular weight is 315 g/mol. The van der Waals surface area contributed by atoms with Crippen molar-refractivity contribution in [2.24, 2.45) is 4.99 Å². The Hall–Kier alpha value is -2.34. The molecule has 0 saturated carbocycles. The van der Waals surface area contributed by atoms with Gasteiger partial charge in [-0.2, -0.15) is 0 Å². The largest absolute Gasteiger partial charge is 0.396 e. The third kappa shape index (κ3) is 5.75. The van der Waals surface area contributed by atoms with Crippen LogP contribution in [0.1, 0.15) is 17.9 Å². The smallest absolute Gasteiger partial charge is 0.191 e. The van der Waals surface area contributed by atoms with Gasteiger partial charge in [-0.3, -0.25) is 4.99 Å². The van der Waals surface area contributed by atoms with E-state index in [9.17, 15) is 5.11 Å². The molecule has 0 aliphatic carbocycles. The fourth-order valence-electron chi connectivity index (χ4n) is 2.34. The first-order valence-electron chi connectivity index (χ1n) is 7.89. The molecule has 0 fully saturated rings. The van der Waals surface area contributed by atoms with Gasteiger partial charge in [-0.1, -0.05) is 30.3 Å². The highest BCUT2D eigenvalue weighted by Crippen LogP contribution is 2.13. The van der Waals surface area contributed by atoms with Crippen LogP contribution >= 0.6 is 0 Å². The lowest BCUT2D eigenvalue weighted by atomic mass is 10.0. The molecule has 2 aromatic rings. The zero-order valence-corrected chi connectivity index (χ0v) is 13.5. The first-order valence-corrected chi connectivity index (χ1v) is 7.89. The number of hydrogen-bond acceptors (Lipinski definition) is 3. The number of aliphatic hydroxyl groups is 1. The number of nitrogens with one attached hydrogen (secondary N) is 2. The lowest BCUT2D eigenvalue weighted by Crippen LogP contribution is -2.40. The van der Waals surface area contributed by atoms with Gasteiger partial charge in [0, 0.05) is 45.0 Å². The van der Waals surface area contributed by atoms with Gasteiger partial charge in [0.25, 0.3) is 0 Å². The van der Waals surface area contributed by atoms with Gasteiger partial charge in [-0.25, -0.2) is 4.98 Å². The van der Waals surface area contributed by atoms with Crippen LogP contribution in [0.3, 0.4) is 0 Å². The van der Waals surface area contributed by atoms with Gasteiger partial charge in [0.2, 0.25) is 0 Å². The minimum atomic E-state index is 0.0562. The fourth-order valence-corrected chi connectivity index (χ4v) is 2.34. The van der Waals surface area contributed by atoms with Crippen molar-refractivity contribution in [3.8, 4) is 0 Å². The van der Waals surface area contributed by atoms with Gasteiger partial charge in [0.1, 0.15) is 0 Å². The summed E-state index contributed by atoms with van der Waals surface area (Å²) >= 11 is 0. The summed E-state index contributed by atoms with van der Waals surface area (Å²) in [6.45, 7) is 2.50. The summed E-state index contributed by atoms with van der Waals surface area (Å²) in [5.41, 5.74) is 1.12. The topological polar surface area (TPSA) is 74.5 Å². The van der Waals surface area contributed by atoms with Crippen LogP contribution < -0.4 is 10.6 Å². The second-order valence-electron chi connectivity index (χ2n) is 5.32. The van der Waals surface area contributed by atoms with E-state index in [1.165, 1.54) is 0 Å². The molecular formula is C17H25N5O. The van der Waals surface area contributed by atoms with Crippen LogP contribution in [-0.4, -0.2) is 47.4 Å². The van der Waals surface area contributed by atoms with Crippen LogP contribution in [0, 0.1) is 0 Å². The van der Waals surface area contributed by atoms with E-state index in [0.717, 1.165) is 31.0 Å². The number of imidazole rings is 1. The molecule has 1 unspecified atom stereocenters. The van der Waals surface area contributed by atoms with Crippen LogP contribution in [0.15, 0.2) is 54.0 Å². The number of aromatic nitrogens is 2. The Morgan fingerprint density at radius 2 is 2.13 bits per heavy atom. The van der Waals surface area contributed by atoms with Crippen molar-refractivity contribution in [2.75, 3.05) is 26.7 Å². The van der Waals surface area contributed by atoms with Crippen molar-refractivity contribution in [1.29, 1.82) is 0 Å². The maximum atomic E-state index is 9.58. The van der Waals surface area contributed by atoms with Gasteiger partial charge in [0.05, 0.1) is 12.9 Å². The Balaban J connectivity index is 1.71. The minimum Gasteiger partial charge on any atom is -0.396 e. The molecule has 6 heteroatoms. The van der Waals surface area contributed by atoms with Gasteiger partial charge in [-0.15, -0.1) is 0 Å². The molecule has 0 radical (unpaired) electrons. The maximum Gasteiger partial charge on any atom is 0.191 e. The summed E-state index contributed by atoms with van der Waals surface area (Å²) in [5.74, 6) is 0.811. The maximum absolute atomic E-state index is 9.58. The normalized spacial score (nSPS) is 12.9. The van der Waals surface area contributed by atoms with Crippen molar-refractivity contribution in [3.63, 3.8) is 0 Å². The molecule has 0 amide bonds. The number of aliphatic imine (C=N–C) groups is 1. The molecule has 0 bridgehead atoms. The van der Waals surface area contributed by atoms with Crippen LogP contribution in [-0.2, 0) is 6.54 Å². The Labute approximate surface area is 137 Å². The van der Waals surface area contributed by atoms with Crippen molar-refractivity contribution in [2.45, 2.75) is 18.9 Å². The van der Waals surface area contributed by atoms with Crippen molar-refractivity contribution in [3.05, 3.63) is 54.6 Å². The molecule has 6 nitrogen and oxygen atoms in total. The van der Waals surface area contributed by atoms with Gasteiger partial charge in [-0.05, 0) is 12.0 Å². The number of benzene rings is 1. The highest BCUT2D eigenvalue weighted by Gasteiger charge is 2.10. The number of guanidine groups is 1. The summed E-state index contributed by atoms with van der Waals surface area (Å²) < 4.78 is 2.05. The predicted molar refractivity (Wildman–Crippen MR) is 92.5 cm³/mol. The second-order valence-corrected chi connectivity index (χ2v) is 5.32. The van der Waals surface area contributed by atoms with E-state index in [2.05, 4.69) is 25.2 Å². The Morgan fingerprint density at radius 1 is 1.30 bits per heavy atom. The summed E-state index contributed by atoms with van der Waals surface area (Å²) in [7, 11) is 1.75. The van der Waals surface area contributed by atoms with Crippen LogP contribution in [0.25, 0.3) is 0 Å². The lowest BCUT2D eigenvalue weighted by Gasteiger charge is -2.18. The minimum absolute atomic E-state index is 0.0562. The monoisotopic (exact) mass is 315 g/mol. The van der Waals surface area contributed by atoms with Crippen LogP contribution in [0.2, 0.25) is 0 Å². The third-order valence-electron chi connectivity index (χ3n) is 3.68. The third-order valence-corrected chi connectivity index (χ3v) is 3.68. The number of rotatable bonds is 8. The van der Waals surface area contributed by atoms with Gasteiger partial charge >= 0.3 is 0 Å². The number of aryl methyl sites for hydroxylation is 1. The van der Waals surface area contributed by atoms with E-state index >= 15 is 0 Å². The van der Waals surface area contributed by atoms with E-state index in [1.807, 2.05) is 42.9 Å². The Morgan fingerprint density at radius 3 is 2.78 bits per heavy atom. The highest BCUT2D eigenvalue weighted by atomic mass is 16.3. The number of nitrogens with zero attached hydrogens (tertiary/aromatic N) is 3. The molecule has 0 aliphatic heterocycles. The Kier molecular flexibility index (Phi) is 7.13. The van der Waals surface area contributed by atoms with Gasteiger partial charge in [0.15, 0.2) is 5.96 Å². The first kappa shape index (κ1) is 17.0. The summed E-state index contributed by atoms with van der Waals surface area (Å²) in [5, 5.41) is 16.1. The lowest BCUT2D eigenvalue weighted by molar-refractivity contribution is 0.265. The first-order chi connectivity index (χ1) is 11.3. The van der Waals surface area contributed by atoms with Gasteiger partial charge < -0.3 is 20.3 Å². The molecule has 124 valence electrons. The molecule has 3 N–H and O–H groups in total. The molecule has 23 heavy (non-hydrogen) atoms. The zero-order chi connectivity index (χ0) is 16.3. The van der Waals surface area contributed by atoms with Crippen molar-refractivity contribution in [1.82, 2.24) is 20.2 Å². The summed E-state index contributed by atoms with van der Waals surface area (Å²) in [6.07, 6.45) is 6.54. The molecule has 0 spiro atoms. The predicted octanol–water partition coefficient (Wildman–Crippen LogP) is 1.21. The molecule has 1 aromatic heterocycles. The zero-order valence-electron chi connectivity index (χ0n) is 13.5. The molecule has 1 heterocycles. The van der Waals surface area contributed by atoms with E-state index in [4.69, 9.17) is 0 Å². The van der Waals surface area contributed by atoms with E-state index in [0.29, 0.717) is 6.54 Å². The Bertz CT molecular complexity index is 568. The highest BCUT2D eigenvalue weighted by molar-refractivity contribution is 5.79. The summed E-state index contributed by atoms with van der Waals surface area (Å²) in [6, 6.07) is 10.0. The summed E-state index contributed by atoms with van der Waals surface area (Å²) in [4.78, 5) is 8.24. The van der Waals surface area contributed by atoms with E-state index < -0.39 is 0 Å². The second kappa shape index (κ2) is 9.63. The number of aliphatic hydroxyl groups excluding tert-OH is 1. The molecule has 1 atom stereocenters. The molecule has 0 aliphatic rings. The van der Waals surface area contributed by atoms with E-state index in [1.54, 1.807) is 13.2 Å². The van der Waals surface area contributed by atoms with Crippen molar-refractivity contribution < 1.29 is 5.11 Å². The quantitative estimate of drug-likeness (QED) is 0.389. The standard InChI is InChI=1S/C17H25N5O/c1-18-17(20-8-5-10-22-11-9-19-14-22)21-12-16(13-23)15-6-3-2-4-7-15/h2-4,6-7,9,11,14,16,23H,5,8,10,12-13H2,1H3,(H2,18,20,21). The molecule has 2 rings (SSSR count). The fraction of sp³-hybridized carbons (Fsp3) is 0.412.